The maximum Gasteiger partial charge on any atom is 0.116 e. The quantitative estimate of drug-likeness (QED) is 0.665. The molecular formula is C23H24N2. The van der Waals surface area contributed by atoms with E-state index in [4.69, 9.17) is 0 Å². The van der Waals surface area contributed by atoms with Crippen LogP contribution in [0.25, 0.3) is 0 Å². The van der Waals surface area contributed by atoms with E-state index >= 15 is 0 Å². The van der Waals surface area contributed by atoms with Gasteiger partial charge in [-0.3, -0.25) is 0 Å². The summed E-state index contributed by atoms with van der Waals surface area (Å²) in [4.78, 5) is 9.21. The Morgan fingerprint density at radius 1 is 0.720 bits per heavy atom. The minimum atomic E-state index is -0.226. The Labute approximate surface area is 150 Å². The van der Waals surface area contributed by atoms with Crippen molar-refractivity contribution < 1.29 is 0 Å². The van der Waals surface area contributed by atoms with Crippen LogP contribution in [0.3, 0.4) is 0 Å². The molecule has 0 radical (unpaired) electrons. The molecule has 1 aliphatic rings. The minimum absolute atomic E-state index is 0.202. The van der Waals surface area contributed by atoms with Gasteiger partial charge in [0.05, 0.1) is 11.4 Å². The number of allylic oxidation sites excluding steroid dienone is 1. The van der Waals surface area contributed by atoms with E-state index in [1.54, 1.807) is 6.34 Å². The first-order chi connectivity index (χ1) is 11.9. The second-order valence-electron chi connectivity index (χ2n) is 7.38. The van der Waals surface area contributed by atoms with Crippen molar-refractivity contribution in [2.24, 2.45) is 9.98 Å². The molecule has 0 unspecified atom stereocenters. The van der Waals surface area contributed by atoms with Crippen LogP contribution in [0.15, 0.2) is 88.2 Å². The summed E-state index contributed by atoms with van der Waals surface area (Å²) in [6.07, 6.45) is 3.65. The van der Waals surface area contributed by atoms with Gasteiger partial charge in [0.2, 0.25) is 0 Å². The molecule has 0 saturated carbocycles. The van der Waals surface area contributed by atoms with Crippen molar-refractivity contribution >= 4 is 12.1 Å². The number of hydrogen-bond donors (Lipinski definition) is 0. The van der Waals surface area contributed by atoms with Crippen molar-refractivity contribution in [2.45, 2.75) is 38.5 Å². The fourth-order valence-corrected chi connectivity index (χ4v) is 3.04. The fourth-order valence-electron chi connectivity index (χ4n) is 3.04. The number of benzene rings is 2. The molecule has 0 atom stereocenters. The van der Waals surface area contributed by atoms with E-state index in [1.807, 2.05) is 18.2 Å². The number of nitrogens with zero attached hydrogens (tertiary/aromatic N) is 2. The standard InChI is InChI=1S/C23H24N2/c1-22(2,18-11-7-5-8-12-18)20-15-16-21(25-17-24-20)23(3,4)19-13-9-6-10-14-19/h5-15,17H,1-4H3. The molecule has 0 amide bonds. The molecule has 1 heterocycles. The van der Waals surface area contributed by atoms with Gasteiger partial charge in [-0.2, -0.15) is 0 Å². The van der Waals surface area contributed by atoms with Gasteiger partial charge in [-0.05, 0) is 25.0 Å². The highest BCUT2D eigenvalue weighted by Crippen LogP contribution is 2.32. The van der Waals surface area contributed by atoms with Gasteiger partial charge in [0.1, 0.15) is 6.34 Å². The lowest BCUT2D eigenvalue weighted by molar-refractivity contribution is 0.618. The van der Waals surface area contributed by atoms with Crippen LogP contribution in [0.2, 0.25) is 0 Å². The summed E-state index contributed by atoms with van der Waals surface area (Å²) in [5.41, 5.74) is 7.28. The minimum Gasteiger partial charge on any atom is -0.240 e. The predicted octanol–water partition coefficient (Wildman–Crippen LogP) is 5.46. The average molecular weight is 328 g/mol. The van der Waals surface area contributed by atoms with Crippen molar-refractivity contribution in [2.75, 3.05) is 0 Å². The predicted molar refractivity (Wildman–Crippen MR) is 106 cm³/mol. The van der Waals surface area contributed by atoms with Gasteiger partial charge in [-0.25, -0.2) is 9.98 Å². The molecule has 2 nitrogen and oxygen atoms in total. The average Bonchev–Trinajstić information content (AvgIpc) is 2.90. The maximum atomic E-state index is 4.61. The summed E-state index contributed by atoms with van der Waals surface area (Å²) >= 11 is 0. The smallest absolute Gasteiger partial charge is 0.116 e. The van der Waals surface area contributed by atoms with Crippen LogP contribution in [-0.4, -0.2) is 12.1 Å². The summed E-state index contributed by atoms with van der Waals surface area (Å²) in [5, 5.41) is 0. The number of hydrogen-bond acceptors (Lipinski definition) is 2. The molecule has 2 aromatic rings. The highest BCUT2D eigenvalue weighted by atomic mass is 14.9. The third-order valence-corrected chi connectivity index (χ3v) is 4.95. The lowest BCUT2D eigenvalue weighted by atomic mass is 9.79. The zero-order valence-corrected chi connectivity index (χ0v) is 15.3. The monoisotopic (exact) mass is 328 g/mol. The van der Waals surface area contributed by atoms with E-state index in [9.17, 15) is 0 Å². The first-order valence-electron chi connectivity index (χ1n) is 8.61. The number of rotatable bonds is 4. The van der Waals surface area contributed by atoms with E-state index in [-0.39, 0.29) is 10.8 Å². The second-order valence-corrected chi connectivity index (χ2v) is 7.38. The molecule has 0 fully saturated rings. The van der Waals surface area contributed by atoms with Crippen LogP contribution in [0.4, 0.5) is 0 Å². The summed E-state index contributed by atoms with van der Waals surface area (Å²) in [6, 6.07) is 20.8. The highest BCUT2D eigenvalue weighted by Gasteiger charge is 2.28. The first kappa shape index (κ1) is 17.1. The molecule has 25 heavy (non-hydrogen) atoms. The van der Waals surface area contributed by atoms with Gasteiger partial charge in [0, 0.05) is 16.9 Å². The van der Waals surface area contributed by atoms with Crippen LogP contribution >= 0.6 is 0 Å². The van der Waals surface area contributed by atoms with Gasteiger partial charge >= 0.3 is 0 Å². The van der Waals surface area contributed by atoms with Crippen molar-refractivity contribution in [1.29, 1.82) is 0 Å². The Bertz CT molecular complexity index is 863. The van der Waals surface area contributed by atoms with E-state index in [1.165, 1.54) is 11.1 Å². The molecule has 2 heteroatoms. The highest BCUT2D eigenvalue weighted by molar-refractivity contribution is 6.06. The zero-order valence-electron chi connectivity index (χ0n) is 15.3. The van der Waals surface area contributed by atoms with Crippen LogP contribution in [0.5, 0.6) is 0 Å². The van der Waals surface area contributed by atoms with E-state index in [0.717, 1.165) is 11.4 Å². The zero-order chi connectivity index (χ0) is 17.9. The fraction of sp³-hybridized carbons (Fsp3) is 0.261. The van der Waals surface area contributed by atoms with Crippen LogP contribution in [0, 0.1) is 0 Å². The Kier molecular flexibility index (Phi) is 4.57. The summed E-state index contributed by atoms with van der Waals surface area (Å²) in [5.74, 6) is 0. The Morgan fingerprint density at radius 3 is 1.80 bits per heavy atom. The second kappa shape index (κ2) is 6.66. The largest absolute Gasteiger partial charge is 0.240 e. The normalized spacial score (nSPS) is 14.7. The molecule has 0 N–H and O–H groups in total. The molecule has 0 aromatic heterocycles. The van der Waals surface area contributed by atoms with Crippen molar-refractivity contribution in [3.05, 3.63) is 89.3 Å². The summed E-state index contributed by atoms with van der Waals surface area (Å²) < 4.78 is 0. The third-order valence-electron chi connectivity index (χ3n) is 4.95. The van der Waals surface area contributed by atoms with Gasteiger partial charge < -0.3 is 0 Å². The molecular weight excluding hydrogens is 304 g/mol. The molecule has 0 spiro atoms. The van der Waals surface area contributed by atoms with Crippen molar-refractivity contribution in [3.63, 3.8) is 0 Å². The lowest BCUT2D eigenvalue weighted by Gasteiger charge is -2.25. The number of aliphatic imine (C=N–C) groups is 2. The topological polar surface area (TPSA) is 24.7 Å². The van der Waals surface area contributed by atoms with E-state index < -0.39 is 0 Å². The Hall–Kier alpha value is -2.70. The lowest BCUT2D eigenvalue weighted by Crippen LogP contribution is -2.27. The maximum absolute atomic E-state index is 4.61. The van der Waals surface area contributed by atoms with Crippen LogP contribution in [-0.2, 0) is 10.8 Å². The molecule has 126 valence electrons. The Morgan fingerprint density at radius 2 is 1.24 bits per heavy atom. The molecule has 0 saturated heterocycles. The molecule has 0 aliphatic carbocycles. The molecule has 2 aromatic carbocycles. The van der Waals surface area contributed by atoms with Gasteiger partial charge in [0.25, 0.3) is 0 Å². The Balaban J connectivity index is 1.99. The van der Waals surface area contributed by atoms with Crippen molar-refractivity contribution in [3.8, 4) is 0 Å². The summed E-state index contributed by atoms with van der Waals surface area (Å²) in [6.45, 7) is 8.70. The van der Waals surface area contributed by atoms with Crippen LogP contribution in [0.1, 0.15) is 38.8 Å². The van der Waals surface area contributed by atoms with Gasteiger partial charge in [-0.1, -0.05) is 80.2 Å². The molecule has 0 bridgehead atoms. The van der Waals surface area contributed by atoms with Crippen LogP contribution < -0.4 is 0 Å². The SMILES string of the molecule is CC(C)(C1=C=CC(C(C)(C)c2ccccc2)=NC=N1)c1ccccc1. The van der Waals surface area contributed by atoms with Gasteiger partial charge in [0.15, 0.2) is 0 Å². The van der Waals surface area contributed by atoms with E-state index in [0.29, 0.717) is 0 Å². The van der Waals surface area contributed by atoms with Gasteiger partial charge in [-0.15, -0.1) is 0 Å². The molecule has 1 aliphatic heterocycles. The molecule has 3 rings (SSSR count). The van der Waals surface area contributed by atoms with Crippen molar-refractivity contribution in [1.82, 2.24) is 0 Å². The van der Waals surface area contributed by atoms with E-state index in [2.05, 4.69) is 91.9 Å². The third kappa shape index (κ3) is 3.40. The first-order valence-corrected chi connectivity index (χ1v) is 8.61. The summed E-state index contributed by atoms with van der Waals surface area (Å²) in [7, 11) is 0.